The second-order valence-corrected chi connectivity index (χ2v) is 8.86. The first-order valence-corrected chi connectivity index (χ1v) is 12.0. The number of fused-ring (bicyclic) bond motifs is 1. The van der Waals surface area contributed by atoms with Crippen LogP contribution in [0.25, 0.3) is 22.2 Å². The van der Waals surface area contributed by atoms with E-state index in [9.17, 15) is 27.7 Å². The molecular weight excluding hydrogens is 534 g/mol. The molecule has 2 aromatic heterocycles. The molecule has 40 heavy (non-hydrogen) atoms. The number of rotatable bonds is 9. The lowest BCUT2D eigenvalue weighted by atomic mass is 10.1. The summed E-state index contributed by atoms with van der Waals surface area (Å²) < 4.78 is 59.2. The van der Waals surface area contributed by atoms with E-state index in [-0.39, 0.29) is 17.4 Å². The summed E-state index contributed by atoms with van der Waals surface area (Å²) in [6.45, 7) is 1.03. The number of nitro groups is 1. The summed E-state index contributed by atoms with van der Waals surface area (Å²) in [4.78, 5) is 20.7. The monoisotopic (exact) mass is 563 g/mol. The van der Waals surface area contributed by atoms with E-state index >= 15 is 0 Å². The highest BCUT2D eigenvalue weighted by Crippen LogP contribution is 2.35. The van der Waals surface area contributed by atoms with Crippen molar-refractivity contribution in [3.05, 3.63) is 70.8 Å². The van der Waals surface area contributed by atoms with Crippen LogP contribution in [0.2, 0.25) is 0 Å². The molecule has 0 fully saturated rings. The Morgan fingerprint density at radius 3 is 2.50 bits per heavy atom. The first-order valence-electron chi connectivity index (χ1n) is 12.0. The van der Waals surface area contributed by atoms with Gasteiger partial charge in [-0.05, 0) is 33.3 Å². The Morgan fingerprint density at radius 1 is 1.18 bits per heavy atom. The predicted molar refractivity (Wildman–Crippen MR) is 144 cm³/mol. The number of aromatic nitrogens is 3. The zero-order valence-electron chi connectivity index (χ0n) is 22.3. The highest BCUT2D eigenvalue weighted by atomic mass is 19.4. The molecule has 0 unspecified atom stereocenters. The molecule has 0 aliphatic heterocycles. The number of nitrogens with one attached hydrogen (secondary N) is 2. The van der Waals surface area contributed by atoms with E-state index in [1.165, 1.54) is 25.6 Å². The summed E-state index contributed by atoms with van der Waals surface area (Å²) in [6, 6.07) is 9.92. The molecule has 4 aromatic rings. The van der Waals surface area contributed by atoms with Gasteiger partial charge in [-0.3, -0.25) is 10.1 Å². The molecule has 0 saturated carbocycles. The molecule has 4 rings (SSSR count). The van der Waals surface area contributed by atoms with Crippen LogP contribution in [-0.2, 0) is 6.54 Å². The van der Waals surface area contributed by atoms with E-state index in [0.29, 0.717) is 22.2 Å². The molecule has 0 aliphatic rings. The highest BCUT2D eigenvalue weighted by molar-refractivity contribution is 5.95. The predicted octanol–water partition coefficient (Wildman–Crippen LogP) is 5.23. The Kier molecular flexibility index (Phi) is 9.96. The molecule has 0 radical (unpaired) electrons. The number of anilines is 2. The fourth-order valence-electron chi connectivity index (χ4n) is 3.75. The van der Waals surface area contributed by atoms with Crippen LogP contribution in [0, 0.1) is 15.9 Å². The molecule has 0 spiro atoms. The molecule has 10 nitrogen and oxygen atoms in total. The van der Waals surface area contributed by atoms with Gasteiger partial charge in [-0.1, -0.05) is 18.2 Å². The largest absolute Gasteiger partial charge is 0.494 e. The van der Waals surface area contributed by atoms with Crippen molar-refractivity contribution in [2.24, 2.45) is 0 Å². The van der Waals surface area contributed by atoms with E-state index < -0.39 is 29.1 Å². The minimum atomic E-state index is -4.41. The van der Waals surface area contributed by atoms with Gasteiger partial charge in [-0.15, -0.1) is 0 Å². The average molecular weight is 564 g/mol. The van der Waals surface area contributed by atoms with Gasteiger partial charge in [0.15, 0.2) is 0 Å². The molecule has 2 aromatic carbocycles. The van der Waals surface area contributed by atoms with E-state index in [1.54, 1.807) is 24.3 Å². The number of halogens is 4. The molecule has 214 valence electrons. The fraction of sp³-hybridized carbons (Fsp3) is 0.308. The van der Waals surface area contributed by atoms with Gasteiger partial charge >= 0.3 is 11.9 Å². The molecule has 0 atom stereocenters. The van der Waals surface area contributed by atoms with Crippen molar-refractivity contribution in [3.63, 3.8) is 0 Å². The first kappa shape index (κ1) is 30.2. The molecule has 0 amide bonds. The third-order valence-corrected chi connectivity index (χ3v) is 5.59. The number of ether oxygens (including phenoxy) is 1. The van der Waals surface area contributed by atoms with Crippen LogP contribution in [0.15, 0.2) is 54.9 Å². The van der Waals surface area contributed by atoms with Crippen LogP contribution < -0.4 is 15.4 Å². The van der Waals surface area contributed by atoms with Crippen molar-refractivity contribution in [1.82, 2.24) is 24.8 Å². The van der Waals surface area contributed by atoms with Crippen LogP contribution in [0.5, 0.6) is 5.75 Å². The van der Waals surface area contributed by atoms with Gasteiger partial charge in [0.25, 0.3) is 0 Å². The average Bonchev–Trinajstić information content (AvgIpc) is 3.25. The summed E-state index contributed by atoms with van der Waals surface area (Å²) in [7, 11) is 7.36. The molecular formula is C26H29F4N7O3. The van der Waals surface area contributed by atoms with Crippen LogP contribution >= 0.6 is 0 Å². The summed E-state index contributed by atoms with van der Waals surface area (Å²) in [5.41, 5.74) is 0.415. The highest BCUT2D eigenvalue weighted by Gasteiger charge is 2.29. The van der Waals surface area contributed by atoms with Crippen molar-refractivity contribution in [2.75, 3.05) is 46.7 Å². The van der Waals surface area contributed by atoms with Gasteiger partial charge < -0.3 is 24.8 Å². The Bertz CT molecular complexity index is 1460. The van der Waals surface area contributed by atoms with E-state index in [1.807, 2.05) is 7.05 Å². The lowest BCUT2D eigenvalue weighted by Gasteiger charge is -2.11. The van der Waals surface area contributed by atoms with Gasteiger partial charge in [-0.2, -0.15) is 17.6 Å². The number of likely N-dealkylation sites (N-methyl/N-ethyl adjacent to an activating group) is 2. The number of methoxy groups -OCH3 is 1. The van der Waals surface area contributed by atoms with Crippen LogP contribution in [0.1, 0.15) is 0 Å². The third kappa shape index (κ3) is 7.86. The lowest BCUT2D eigenvalue weighted by molar-refractivity contribution is -0.387. The van der Waals surface area contributed by atoms with Crippen molar-refractivity contribution in [2.45, 2.75) is 12.7 Å². The van der Waals surface area contributed by atoms with Gasteiger partial charge in [0.05, 0.1) is 23.4 Å². The Morgan fingerprint density at radius 2 is 1.90 bits per heavy atom. The Labute approximate surface area is 227 Å². The molecule has 0 bridgehead atoms. The van der Waals surface area contributed by atoms with E-state index in [0.717, 1.165) is 29.8 Å². The molecule has 0 saturated heterocycles. The summed E-state index contributed by atoms with van der Waals surface area (Å²) in [6.07, 6.45) is -1.68. The number of alkyl halides is 3. The third-order valence-electron chi connectivity index (χ3n) is 5.59. The van der Waals surface area contributed by atoms with Gasteiger partial charge in [-0.25, -0.2) is 9.97 Å². The van der Waals surface area contributed by atoms with Crippen molar-refractivity contribution in [1.29, 1.82) is 0 Å². The van der Waals surface area contributed by atoms with E-state index in [2.05, 4.69) is 39.6 Å². The van der Waals surface area contributed by atoms with Gasteiger partial charge in [0.2, 0.25) is 11.8 Å². The number of nitro benzene ring substituents is 1. The summed E-state index contributed by atoms with van der Waals surface area (Å²) in [5.74, 6) is -1.11. The SMILES string of the molecule is CNCCN(C)C.COc1cc(F)c([N+](=O)[O-])cc1Nc1nccc(-c2cn(CC(F)(F)F)c3ccccc23)n1. The summed E-state index contributed by atoms with van der Waals surface area (Å²) >= 11 is 0. The standard InChI is InChI=1S/C21H15F4N5O3.C5H14N2/c1-33-19-8-14(22)18(30(31)32)9-16(19)28-20-26-7-6-15(27-20)13-10-29(11-21(23,24)25)17-5-3-2-4-12(13)17;1-6-4-5-7(2)3/h2-10H,11H2,1H3,(H,26,27,28);6H,4-5H2,1-3H3. The van der Waals surface area contributed by atoms with Crippen molar-refractivity contribution in [3.8, 4) is 17.0 Å². The number of benzene rings is 2. The van der Waals surface area contributed by atoms with Crippen LogP contribution in [0.4, 0.5) is 34.9 Å². The zero-order valence-corrected chi connectivity index (χ0v) is 22.3. The molecule has 2 N–H and O–H groups in total. The number of para-hydroxylation sites is 1. The minimum Gasteiger partial charge on any atom is -0.494 e. The topological polar surface area (TPSA) is 110 Å². The van der Waals surface area contributed by atoms with Crippen molar-refractivity contribution >= 4 is 28.2 Å². The number of nitrogens with zero attached hydrogens (tertiary/aromatic N) is 5. The maximum atomic E-state index is 13.9. The maximum Gasteiger partial charge on any atom is 0.406 e. The number of hydrogen-bond acceptors (Lipinski definition) is 8. The molecule has 0 aliphatic carbocycles. The van der Waals surface area contributed by atoms with Crippen LogP contribution in [-0.4, -0.2) is 71.9 Å². The summed E-state index contributed by atoms with van der Waals surface area (Å²) in [5, 5.41) is 17.4. The second-order valence-electron chi connectivity index (χ2n) is 8.86. The fourth-order valence-corrected chi connectivity index (χ4v) is 3.75. The van der Waals surface area contributed by atoms with Crippen molar-refractivity contribution < 1.29 is 27.2 Å². The number of hydrogen-bond donors (Lipinski definition) is 2. The minimum absolute atomic E-state index is 0.0145. The molecule has 14 heteroatoms. The normalized spacial score (nSPS) is 11.3. The van der Waals surface area contributed by atoms with Gasteiger partial charge in [0, 0.05) is 54.1 Å². The van der Waals surface area contributed by atoms with E-state index in [4.69, 9.17) is 4.74 Å². The Hall–Kier alpha value is -4.30. The zero-order chi connectivity index (χ0) is 29.4. The quantitative estimate of drug-likeness (QED) is 0.162. The Balaban J connectivity index is 0.000000559. The van der Waals surface area contributed by atoms with Gasteiger partial charge in [0.1, 0.15) is 12.3 Å². The maximum absolute atomic E-state index is 13.9. The lowest BCUT2D eigenvalue weighted by Crippen LogP contribution is -2.23. The first-order chi connectivity index (χ1) is 18.9. The van der Waals surface area contributed by atoms with Crippen LogP contribution in [0.3, 0.4) is 0 Å². The second kappa shape index (κ2) is 13.2. The smallest absolute Gasteiger partial charge is 0.406 e. The molecule has 2 heterocycles.